The molecular formula is C23H28N8. The molecule has 0 amide bonds. The summed E-state index contributed by atoms with van der Waals surface area (Å²) in [4.78, 5) is 18.8. The second-order valence-electron chi connectivity index (χ2n) is 9.94. The van der Waals surface area contributed by atoms with Crippen LogP contribution in [0.15, 0.2) is 24.5 Å². The van der Waals surface area contributed by atoms with Gasteiger partial charge in [0.2, 0.25) is 0 Å². The van der Waals surface area contributed by atoms with E-state index in [4.69, 9.17) is 15.7 Å². The molecular weight excluding hydrogens is 388 g/mol. The molecule has 160 valence electrons. The maximum atomic E-state index is 6.63. The van der Waals surface area contributed by atoms with Gasteiger partial charge in [0.25, 0.3) is 0 Å². The predicted molar refractivity (Wildman–Crippen MR) is 119 cm³/mol. The Morgan fingerprint density at radius 2 is 2.06 bits per heavy atom. The lowest BCUT2D eigenvalue weighted by atomic mass is 9.72. The molecule has 2 aliphatic heterocycles. The van der Waals surface area contributed by atoms with Crippen LogP contribution in [0.25, 0.3) is 11.2 Å². The van der Waals surface area contributed by atoms with Gasteiger partial charge in [-0.15, -0.1) is 0 Å². The molecule has 3 aromatic heterocycles. The number of aryl methyl sites for hydroxylation is 1. The summed E-state index contributed by atoms with van der Waals surface area (Å²) in [6.07, 6.45) is 10.9. The summed E-state index contributed by atoms with van der Waals surface area (Å²) in [5.41, 5.74) is 10.8. The van der Waals surface area contributed by atoms with Crippen molar-refractivity contribution in [2.75, 3.05) is 29.4 Å². The van der Waals surface area contributed by atoms with Gasteiger partial charge in [0.15, 0.2) is 17.0 Å². The van der Waals surface area contributed by atoms with Crippen LogP contribution in [0, 0.1) is 17.3 Å². The summed E-state index contributed by atoms with van der Waals surface area (Å²) in [7, 11) is 0. The molecule has 5 heterocycles. The van der Waals surface area contributed by atoms with Crippen LogP contribution >= 0.6 is 0 Å². The van der Waals surface area contributed by atoms with Gasteiger partial charge in [0, 0.05) is 31.9 Å². The number of aromatic amines is 1. The molecule has 2 aliphatic carbocycles. The number of hydrogen-bond acceptors (Lipinski definition) is 7. The van der Waals surface area contributed by atoms with Gasteiger partial charge in [-0.1, -0.05) is 0 Å². The number of aromatic nitrogens is 5. The molecule has 0 unspecified atom stereocenters. The van der Waals surface area contributed by atoms with E-state index in [9.17, 15) is 0 Å². The van der Waals surface area contributed by atoms with Gasteiger partial charge in [0.1, 0.15) is 5.82 Å². The van der Waals surface area contributed by atoms with Crippen molar-refractivity contribution in [3.05, 3.63) is 30.2 Å². The summed E-state index contributed by atoms with van der Waals surface area (Å²) >= 11 is 0. The zero-order valence-electron chi connectivity index (χ0n) is 17.7. The van der Waals surface area contributed by atoms with E-state index >= 15 is 0 Å². The Morgan fingerprint density at radius 3 is 2.90 bits per heavy atom. The van der Waals surface area contributed by atoms with Crippen molar-refractivity contribution in [2.45, 2.75) is 44.6 Å². The molecule has 4 aliphatic rings. The van der Waals surface area contributed by atoms with Crippen molar-refractivity contribution in [3.63, 3.8) is 0 Å². The topological polar surface area (TPSA) is 99.9 Å². The van der Waals surface area contributed by atoms with Crippen LogP contribution in [0.4, 0.5) is 17.3 Å². The second kappa shape index (κ2) is 6.38. The molecule has 1 saturated heterocycles. The van der Waals surface area contributed by atoms with Crippen LogP contribution in [0.2, 0.25) is 0 Å². The third kappa shape index (κ3) is 2.63. The van der Waals surface area contributed by atoms with Gasteiger partial charge >= 0.3 is 0 Å². The van der Waals surface area contributed by atoms with Crippen LogP contribution in [-0.4, -0.2) is 50.8 Å². The Labute approximate surface area is 181 Å². The first-order chi connectivity index (χ1) is 15.2. The molecule has 3 aromatic rings. The highest BCUT2D eigenvalue weighted by atomic mass is 15.3. The van der Waals surface area contributed by atoms with Gasteiger partial charge in [-0.2, -0.15) is 5.10 Å². The maximum Gasteiger partial charge on any atom is 0.183 e. The summed E-state index contributed by atoms with van der Waals surface area (Å²) in [6, 6.07) is 4.51. The van der Waals surface area contributed by atoms with Crippen LogP contribution in [0.1, 0.15) is 37.8 Å². The Balaban J connectivity index is 1.15. The number of anilines is 3. The molecule has 3 fully saturated rings. The molecule has 0 aromatic carbocycles. The summed E-state index contributed by atoms with van der Waals surface area (Å²) < 4.78 is 0. The van der Waals surface area contributed by atoms with Gasteiger partial charge < -0.3 is 15.5 Å². The first-order valence-electron chi connectivity index (χ1n) is 11.6. The third-order valence-corrected chi connectivity index (χ3v) is 8.34. The maximum absolute atomic E-state index is 6.63. The zero-order valence-corrected chi connectivity index (χ0v) is 17.7. The molecule has 0 bridgehead atoms. The highest BCUT2D eigenvalue weighted by Gasteiger charge is 2.59. The highest BCUT2D eigenvalue weighted by Crippen LogP contribution is 2.62. The minimum atomic E-state index is 0.373. The Kier molecular flexibility index (Phi) is 3.69. The van der Waals surface area contributed by atoms with Crippen LogP contribution in [0.3, 0.4) is 0 Å². The fraction of sp³-hybridized carbons (Fsp3) is 0.565. The summed E-state index contributed by atoms with van der Waals surface area (Å²) in [6.45, 7) is 2.94. The number of piperidine rings is 1. The lowest BCUT2D eigenvalue weighted by molar-refractivity contribution is 0.172. The average Bonchev–Trinajstić information content (AvgIpc) is 3.36. The lowest BCUT2D eigenvalue weighted by Crippen LogP contribution is -2.48. The fourth-order valence-corrected chi connectivity index (χ4v) is 6.51. The van der Waals surface area contributed by atoms with Crippen molar-refractivity contribution in [1.82, 2.24) is 25.1 Å². The molecule has 8 nitrogen and oxygen atoms in total. The number of pyridine rings is 1. The predicted octanol–water partition coefficient (Wildman–Crippen LogP) is 2.79. The van der Waals surface area contributed by atoms with Crippen molar-refractivity contribution in [1.29, 1.82) is 0 Å². The minimum absolute atomic E-state index is 0.373. The average molecular weight is 417 g/mol. The molecule has 31 heavy (non-hydrogen) atoms. The van der Waals surface area contributed by atoms with E-state index in [0.717, 1.165) is 78.5 Å². The lowest BCUT2D eigenvalue weighted by Gasteiger charge is -2.43. The van der Waals surface area contributed by atoms with Gasteiger partial charge in [-0.25, -0.2) is 9.97 Å². The van der Waals surface area contributed by atoms with E-state index < -0.39 is 0 Å². The van der Waals surface area contributed by atoms with Crippen molar-refractivity contribution in [2.24, 2.45) is 23.0 Å². The van der Waals surface area contributed by atoms with Crippen molar-refractivity contribution < 1.29 is 0 Å². The molecule has 2 saturated carbocycles. The van der Waals surface area contributed by atoms with Crippen molar-refractivity contribution in [3.8, 4) is 0 Å². The molecule has 8 heteroatoms. The standard InChI is InChI=1S/C23H28N8/c24-20-15-11-14(15)12-23(20)5-9-30(10-6-23)18-13-26-19-21(27-18)28-29-22(19)31-8-2-3-16-17(31)4-1-7-25-16/h1,4,7,13-15,20H,2-3,5-6,8-12,24H2,(H,27,28,29)/t14-,15-,20+/m1/s1. The minimum Gasteiger partial charge on any atom is -0.355 e. The van der Waals surface area contributed by atoms with E-state index in [1.807, 2.05) is 18.5 Å². The van der Waals surface area contributed by atoms with E-state index in [-0.39, 0.29) is 0 Å². The Morgan fingerprint density at radius 1 is 1.16 bits per heavy atom. The number of hydrogen-bond donors (Lipinski definition) is 2. The number of nitrogens with two attached hydrogens (primary N) is 1. The van der Waals surface area contributed by atoms with E-state index in [1.165, 1.54) is 25.7 Å². The van der Waals surface area contributed by atoms with Gasteiger partial charge in [0.05, 0.1) is 17.6 Å². The zero-order chi connectivity index (χ0) is 20.6. The van der Waals surface area contributed by atoms with E-state index in [2.05, 4.69) is 31.0 Å². The smallest absolute Gasteiger partial charge is 0.183 e. The Bertz CT molecular complexity index is 1150. The number of nitrogens with zero attached hydrogens (tertiary/aromatic N) is 6. The Hall–Kier alpha value is -2.74. The molecule has 0 radical (unpaired) electrons. The number of nitrogens with one attached hydrogen (secondary N) is 1. The largest absolute Gasteiger partial charge is 0.355 e. The normalized spacial score (nSPS) is 28.7. The van der Waals surface area contributed by atoms with Crippen molar-refractivity contribution >= 4 is 28.5 Å². The number of H-pyrrole nitrogens is 1. The van der Waals surface area contributed by atoms with E-state index in [0.29, 0.717) is 11.5 Å². The SMILES string of the molecule is N[C@H]1[C@@H]2C[C@@H]2CC12CCN(c1cnc3c(N4CCCc5ncccc54)n[nH]c3n1)CC2. The van der Waals surface area contributed by atoms with Gasteiger partial charge in [-0.05, 0) is 67.9 Å². The number of rotatable bonds is 2. The van der Waals surface area contributed by atoms with Crippen LogP contribution in [0.5, 0.6) is 0 Å². The number of fused-ring (bicyclic) bond motifs is 3. The summed E-state index contributed by atoms with van der Waals surface area (Å²) in [5, 5.41) is 7.73. The van der Waals surface area contributed by atoms with Crippen LogP contribution < -0.4 is 15.5 Å². The first-order valence-corrected chi connectivity index (χ1v) is 11.6. The molecule has 1 spiro atoms. The monoisotopic (exact) mass is 416 g/mol. The molecule has 3 N–H and O–H groups in total. The quantitative estimate of drug-likeness (QED) is 0.662. The van der Waals surface area contributed by atoms with Crippen LogP contribution in [-0.2, 0) is 6.42 Å². The second-order valence-corrected chi connectivity index (χ2v) is 9.94. The first kappa shape index (κ1) is 17.9. The third-order valence-electron chi connectivity index (χ3n) is 8.34. The summed E-state index contributed by atoms with van der Waals surface area (Å²) in [5.74, 6) is 3.50. The van der Waals surface area contributed by atoms with Gasteiger partial charge in [-0.3, -0.25) is 10.1 Å². The molecule has 3 atom stereocenters. The fourth-order valence-electron chi connectivity index (χ4n) is 6.51. The molecule has 7 rings (SSSR count). The highest BCUT2D eigenvalue weighted by molar-refractivity contribution is 5.87. The van der Waals surface area contributed by atoms with E-state index in [1.54, 1.807) is 0 Å².